The zero-order valence-corrected chi connectivity index (χ0v) is 10.9. The molecule has 4 heteroatoms. The first kappa shape index (κ1) is 13.6. The molecule has 0 amide bonds. The summed E-state index contributed by atoms with van der Waals surface area (Å²) in [5.74, 6) is 0.915. The number of nitrogens with one attached hydrogen (secondary N) is 1. The Morgan fingerprint density at radius 1 is 1.31 bits per heavy atom. The largest absolute Gasteiger partial charge is 0.490 e. The Labute approximate surface area is 108 Å². The van der Waals surface area contributed by atoms with Gasteiger partial charge in [-0.25, -0.2) is 0 Å². The van der Waals surface area contributed by atoms with Crippen molar-refractivity contribution in [3.8, 4) is 5.75 Å². The van der Waals surface area contributed by atoms with Crippen molar-refractivity contribution in [3.05, 3.63) is 29.3 Å². The van der Waals surface area contributed by atoms with E-state index < -0.39 is 0 Å². The molecule has 0 aliphatic carbocycles. The monoisotopic (exact) mass is 261 g/mol. The lowest BCUT2D eigenvalue weighted by Gasteiger charge is -2.28. The topological polar surface area (TPSA) is 21.3 Å². The second-order valence-corrected chi connectivity index (χ2v) is 4.51. The molecule has 16 heavy (non-hydrogen) atoms. The molecule has 1 aliphatic heterocycles. The van der Waals surface area contributed by atoms with Gasteiger partial charge in [-0.3, -0.25) is 0 Å². The van der Waals surface area contributed by atoms with Gasteiger partial charge in [0.15, 0.2) is 0 Å². The van der Waals surface area contributed by atoms with Crippen LogP contribution in [0.5, 0.6) is 5.75 Å². The van der Waals surface area contributed by atoms with Crippen molar-refractivity contribution in [1.82, 2.24) is 5.32 Å². The number of piperidine rings is 1. The van der Waals surface area contributed by atoms with E-state index in [2.05, 4.69) is 12.2 Å². The summed E-state index contributed by atoms with van der Waals surface area (Å²) in [7, 11) is 0. The Morgan fingerprint density at radius 2 is 2.00 bits per heavy atom. The maximum atomic E-state index is 5.88. The van der Waals surface area contributed by atoms with Crippen molar-refractivity contribution < 1.29 is 4.74 Å². The van der Waals surface area contributed by atoms with Gasteiger partial charge in [-0.2, -0.15) is 0 Å². The predicted octanol–water partition coefficient (Wildman–Crippen LogP) is 3.28. The molecule has 1 N–H and O–H groups in total. The molecule has 0 bridgehead atoms. The molecule has 1 aromatic rings. The third kappa shape index (κ3) is 3.85. The normalized spacial score (nSPS) is 24.6. The third-order valence-corrected chi connectivity index (χ3v) is 2.94. The molecule has 2 rings (SSSR count). The minimum absolute atomic E-state index is 0. The fourth-order valence-electron chi connectivity index (χ4n) is 1.90. The summed E-state index contributed by atoms with van der Waals surface area (Å²) in [5, 5.41) is 4.16. The van der Waals surface area contributed by atoms with E-state index in [9.17, 15) is 0 Å². The quantitative estimate of drug-likeness (QED) is 0.883. The maximum Gasteiger partial charge on any atom is 0.119 e. The first-order valence-corrected chi connectivity index (χ1v) is 5.77. The molecule has 0 saturated carbocycles. The molecular formula is C12H17Cl2NO. The summed E-state index contributed by atoms with van der Waals surface area (Å²) in [5.41, 5.74) is 0. The van der Waals surface area contributed by atoms with Crippen LogP contribution in [0.3, 0.4) is 0 Å². The lowest BCUT2D eigenvalue weighted by atomic mass is 10.0. The molecule has 1 aromatic carbocycles. The van der Waals surface area contributed by atoms with E-state index in [4.69, 9.17) is 16.3 Å². The van der Waals surface area contributed by atoms with Gasteiger partial charge >= 0.3 is 0 Å². The van der Waals surface area contributed by atoms with Gasteiger partial charge in [-0.1, -0.05) is 11.6 Å². The molecule has 90 valence electrons. The Hall–Kier alpha value is -0.440. The molecule has 1 heterocycles. The van der Waals surface area contributed by atoms with E-state index in [-0.39, 0.29) is 12.4 Å². The van der Waals surface area contributed by atoms with Crippen LogP contribution >= 0.6 is 24.0 Å². The summed E-state index contributed by atoms with van der Waals surface area (Å²) in [6.45, 7) is 3.23. The van der Waals surface area contributed by atoms with E-state index in [0.717, 1.165) is 30.2 Å². The summed E-state index contributed by atoms with van der Waals surface area (Å²) >= 11 is 5.81. The molecule has 2 unspecified atom stereocenters. The van der Waals surface area contributed by atoms with Gasteiger partial charge in [0.1, 0.15) is 11.9 Å². The van der Waals surface area contributed by atoms with Crippen LogP contribution in [0.1, 0.15) is 19.8 Å². The minimum atomic E-state index is 0. The average Bonchev–Trinajstić information content (AvgIpc) is 2.22. The lowest BCUT2D eigenvalue weighted by molar-refractivity contribution is 0.144. The van der Waals surface area contributed by atoms with Gasteiger partial charge < -0.3 is 10.1 Å². The fraction of sp³-hybridized carbons (Fsp3) is 0.500. The maximum absolute atomic E-state index is 5.88. The number of halogens is 2. The molecule has 1 fully saturated rings. The number of benzene rings is 1. The molecule has 0 spiro atoms. The third-order valence-electron chi connectivity index (χ3n) is 2.69. The van der Waals surface area contributed by atoms with Crippen LogP contribution < -0.4 is 10.1 Å². The van der Waals surface area contributed by atoms with Crippen molar-refractivity contribution in [2.75, 3.05) is 6.54 Å². The minimum Gasteiger partial charge on any atom is -0.490 e. The summed E-state index contributed by atoms with van der Waals surface area (Å²) in [4.78, 5) is 0. The molecule has 2 atom stereocenters. The van der Waals surface area contributed by atoms with Gasteiger partial charge in [0, 0.05) is 11.1 Å². The van der Waals surface area contributed by atoms with Crippen molar-refractivity contribution in [3.63, 3.8) is 0 Å². The highest BCUT2D eigenvalue weighted by atomic mass is 35.5. The Bertz CT molecular complexity index is 315. The van der Waals surface area contributed by atoms with E-state index in [1.54, 1.807) is 0 Å². The first-order valence-electron chi connectivity index (χ1n) is 5.39. The number of ether oxygens (including phenoxy) is 1. The molecule has 0 aromatic heterocycles. The highest BCUT2D eigenvalue weighted by molar-refractivity contribution is 6.30. The van der Waals surface area contributed by atoms with Gasteiger partial charge in [-0.05, 0) is 50.6 Å². The average molecular weight is 262 g/mol. The van der Waals surface area contributed by atoms with Gasteiger partial charge in [-0.15, -0.1) is 12.4 Å². The first-order chi connectivity index (χ1) is 7.24. The van der Waals surface area contributed by atoms with Crippen molar-refractivity contribution in [1.29, 1.82) is 0 Å². The van der Waals surface area contributed by atoms with Crippen LogP contribution in [-0.4, -0.2) is 18.7 Å². The summed E-state index contributed by atoms with van der Waals surface area (Å²) < 4.78 is 5.88. The van der Waals surface area contributed by atoms with Crippen LogP contribution in [0, 0.1) is 0 Å². The fourth-order valence-corrected chi connectivity index (χ4v) is 2.02. The van der Waals surface area contributed by atoms with Crippen molar-refractivity contribution in [2.24, 2.45) is 0 Å². The molecule has 1 aliphatic rings. The van der Waals surface area contributed by atoms with E-state index in [1.807, 2.05) is 24.3 Å². The zero-order chi connectivity index (χ0) is 10.7. The summed E-state index contributed by atoms with van der Waals surface area (Å²) in [6, 6.07) is 8.13. The van der Waals surface area contributed by atoms with Crippen molar-refractivity contribution >= 4 is 24.0 Å². The van der Waals surface area contributed by atoms with Crippen LogP contribution in [0.25, 0.3) is 0 Å². The second kappa shape index (κ2) is 6.33. The summed E-state index contributed by atoms with van der Waals surface area (Å²) in [6.07, 6.45) is 2.48. The predicted molar refractivity (Wildman–Crippen MR) is 69.8 cm³/mol. The van der Waals surface area contributed by atoms with E-state index in [1.165, 1.54) is 0 Å². The van der Waals surface area contributed by atoms with E-state index >= 15 is 0 Å². The van der Waals surface area contributed by atoms with Crippen LogP contribution in [-0.2, 0) is 0 Å². The number of rotatable bonds is 2. The van der Waals surface area contributed by atoms with Crippen molar-refractivity contribution in [2.45, 2.75) is 31.9 Å². The van der Waals surface area contributed by atoms with Gasteiger partial charge in [0.25, 0.3) is 0 Å². The smallest absolute Gasteiger partial charge is 0.119 e. The number of hydrogen-bond donors (Lipinski definition) is 1. The Morgan fingerprint density at radius 3 is 2.62 bits per heavy atom. The van der Waals surface area contributed by atoms with Crippen LogP contribution in [0.2, 0.25) is 5.02 Å². The molecule has 0 radical (unpaired) electrons. The standard InChI is InChI=1S/C12H16ClNO.ClH/c1-9-8-12(6-7-14-9)15-11-4-2-10(13)3-5-11;/h2-5,9,12,14H,6-8H2,1H3;1H. The molecular weight excluding hydrogens is 245 g/mol. The Kier molecular flexibility index (Phi) is 5.39. The SMILES string of the molecule is CC1CC(Oc2ccc(Cl)cc2)CCN1.Cl. The highest BCUT2D eigenvalue weighted by Gasteiger charge is 2.19. The number of hydrogen-bond acceptors (Lipinski definition) is 2. The Balaban J connectivity index is 0.00000128. The van der Waals surface area contributed by atoms with Gasteiger partial charge in [0.05, 0.1) is 0 Å². The zero-order valence-electron chi connectivity index (χ0n) is 9.28. The molecule has 1 saturated heterocycles. The van der Waals surface area contributed by atoms with Crippen LogP contribution in [0.4, 0.5) is 0 Å². The van der Waals surface area contributed by atoms with Crippen LogP contribution in [0.15, 0.2) is 24.3 Å². The van der Waals surface area contributed by atoms with Gasteiger partial charge in [0.2, 0.25) is 0 Å². The lowest BCUT2D eigenvalue weighted by Crippen LogP contribution is -2.40. The molecule has 2 nitrogen and oxygen atoms in total. The second-order valence-electron chi connectivity index (χ2n) is 4.07. The highest BCUT2D eigenvalue weighted by Crippen LogP contribution is 2.20. The van der Waals surface area contributed by atoms with E-state index in [0.29, 0.717) is 12.1 Å².